The normalized spacial score (nSPS) is 17.0. The SMILES string of the molecule is NC(=O)C=C1NCCCN1. The van der Waals surface area contributed by atoms with Crippen LogP contribution in [0.1, 0.15) is 6.42 Å². The average Bonchev–Trinajstić information content (AvgIpc) is 1.88. The van der Waals surface area contributed by atoms with Gasteiger partial charge in [-0.1, -0.05) is 0 Å². The summed E-state index contributed by atoms with van der Waals surface area (Å²) in [6, 6.07) is 0. The maximum absolute atomic E-state index is 10.3. The van der Waals surface area contributed by atoms with Gasteiger partial charge >= 0.3 is 0 Å². The Morgan fingerprint density at radius 1 is 1.50 bits per heavy atom. The van der Waals surface area contributed by atoms with Crippen LogP contribution in [0.4, 0.5) is 0 Å². The Kier molecular flexibility index (Phi) is 2.15. The fraction of sp³-hybridized carbons (Fsp3) is 0.500. The zero-order valence-corrected chi connectivity index (χ0v) is 5.68. The smallest absolute Gasteiger partial charge is 0.245 e. The Balaban J connectivity index is 2.45. The highest BCUT2D eigenvalue weighted by molar-refractivity contribution is 5.86. The Labute approximate surface area is 59.5 Å². The Hall–Kier alpha value is -1.19. The molecule has 1 rings (SSSR count). The predicted molar refractivity (Wildman–Crippen MR) is 37.9 cm³/mol. The van der Waals surface area contributed by atoms with Crippen LogP contribution in [0.5, 0.6) is 0 Å². The van der Waals surface area contributed by atoms with Crippen molar-refractivity contribution in [3.63, 3.8) is 0 Å². The van der Waals surface area contributed by atoms with Gasteiger partial charge in [0.1, 0.15) is 5.82 Å². The van der Waals surface area contributed by atoms with Crippen LogP contribution in [0.25, 0.3) is 0 Å². The van der Waals surface area contributed by atoms with Gasteiger partial charge < -0.3 is 16.4 Å². The largest absolute Gasteiger partial charge is 0.372 e. The highest BCUT2D eigenvalue weighted by Gasteiger charge is 2.02. The van der Waals surface area contributed by atoms with Crippen LogP contribution in [0, 0.1) is 0 Å². The van der Waals surface area contributed by atoms with Crippen molar-refractivity contribution < 1.29 is 4.79 Å². The minimum absolute atomic E-state index is 0.420. The van der Waals surface area contributed by atoms with Gasteiger partial charge in [0.2, 0.25) is 5.91 Å². The molecule has 0 aromatic heterocycles. The summed E-state index contributed by atoms with van der Waals surface area (Å²) in [5.41, 5.74) is 4.93. The van der Waals surface area contributed by atoms with Crippen LogP contribution < -0.4 is 16.4 Å². The molecule has 0 bridgehead atoms. The van der Waals surface area contributed by atoms with E-state index in [1.54, 1.807) is 0 Å². The topological polar surface area (TPSA) is 67.2 Å². The summed E-state index contributed by atoms with van der Waals surface area (Å²) in [5.74, 6) is 0.315. The summed E-state index contributed by atoms with van der Waals surface area (Å²) in [7, 11) is 0. The fourth-order valence-corrected chi connectivity index (χ4v) is 0.841. The lowest BCUT2D eigenvalue weighted by molar-refractivity contribution is -0.113. The number of rotatable bonds is 1. The lowest BCUT2D eigenvalue weighted by atomic mass is 10.3. The summed E-state index contributed by atoms with van der Waals surface area (Å²) >= 11 is 0. The highest BCUT2D eigenvalue weighted by Crippen LogP contribution is 1.90. The molecule has 0 unspecified atom stereocenters. The molecule has 4 heteroatoms. The van der Waals surface area contributed by atoms with Crippen LogP contribution in [0.15, 0.2) is 11.9 Å². The number of nitrogens with two attached hydrogens (primary N) is 1. The average molecular weight is 141 g/mol. The summed E-state index contributed by atoms with van der Waals surface area (Å²) in [4.78, 5) is 10.3. The standard InChI is InChI=1S/C6H11N3O/c7-5(10)4-6-8-2-1-3-9-6/h4,8-9H,1-3H2,(H2,7,10). The molecule has 1 fully saturated rings. The summed E-state index contributed by atoms with van der Waals surface area (Å²) in [6.45, 7) is 1.82. The van der Waals surface area contributed by atoms with Crippen molar-refractivity contribution in [1.82, 2.24) is 10.6 Å². The molecule has 0 spiro atoms. The molecule has 1 amide bonds. The van der Waals surface area contributed by atoms with E-state index in [-0.39, 0.29) is 0 Å². The van der Waals surface area contributed by atoms with Crippen molar-refractivity contribution in [2.24, 2.45) is 5.73 Å². The van der Waals surface area contributed by atoms with E-state index >= 15 is 0 Å². The molecule has 0 aliphatic carbocycles. The van der Waals surface area contributed by atoms with E-state index in [9.17, 15) is 4.79 Å². The number of hydrogen-bond acceptors (Lipinski definition) is 3. The van der Waals surface area contributed by atoms with E-state index in [4.69, 9.17) is 5.73 Å². The van der Waals surface area contributed by atoms with Crippen molar-refractivity contribution in [3.8, 4) is 0 Å². The molecule has 0 aromatic carbocycles. The van der Waals surface area contributed by atoms with Gasteiger partial charge in [0.05, 0.1) is 0 Å². The van der Waals surface area contributed by atoms with Crippen molar-refractivity contribution >= 4 is 5.91 Å². The summed E-state index contributed by atoms with van der Waals surface area (Å²) in [5, 5.41) is 6.00. The summed E-state index contributed by atoms with van der Waals surface area (Å²) < 4.78 is 0. The van der Waals surface area contributed by atoms with Crippen LogP contribution >= 0.6 is 0 Å². The van der Waals surface area contributed by atoms with E-state index in [0.29, 0.717) is 0 Å². The first-order valence-corrected chi connectivity index (χ1v) is 3.28. The van der Waals surface area contributed by atoms with Crippen molar-refractivity contribution in [2.45, 2.75) is 6.42 Å². The zero-order valence-electron chi connectivity index (χ0n) is 5.68. The monoisotopic (exact) mass is 141 g/mol. The highest BCUT2D eigenvalue weighted by atomic mass is 16.1. The second kappa shape index (κ2) is 3.10. The Bertz CT molecular complexity index is 156. The first-order valence-electron chi connectivity index (χ1n) is 3.28. The van der Waals surface area contributed by atoms with Crippen molar-refractivity contribution in [2.75, 3.05) is 13.1 Å². The molecule has 1 aliphatic heterocycles. The predicted octanol–water partition coefficient (Wildman–Crippen LogP) is -1.10. The first kappa shape index (κ1) is 6.92. The van der Waals surface area contributed by atoms with E-state index in [1.807, 2.05) is 0 Å². The molecule has 10 heavy (non-hydrogen) atoms. The molecule has 0 atom stereocenters. The first-order chi connectivity index (χ1) is 4.79. The second-order valence-corrected chi connectivity index (χ2v) is 2.17. The van der Waals surface area contributed by atoms with Crippen LogP contribution in [-0.2, 0) is 4.79 Å². The van der Waals surface area contributed by atoms with E-state index in [2.05, 4.69) is 10.6 Å². The molecule has 4 nitrogen and oxygen atoms in total. The van der Waals surface area contributed by atoms with Gasteiger partial charge in [-0.25, -0.2) is 0 Å². The van der Waals surface area contributed by atoms with Gasteiger partial charge in [0.15, 0.2) is 0 Å². The zero-order chi connectivity index (χ0) is 7.40. The quantitative estimate of drug-likeness (QED) is 0.406. The lowest BCUT2D eigenvalue weighted by Gasteiger charge is -2.18. The third-order valence-electron chi connectivity index (χ3n) is 1.27. The second-order valence-electron chi connectivity index (χ2n) is 2.17. The third kappa shape index (κ3) is 1.97. The van der Waals surface area contributed by atoms with E-state index in [0.717, 1.165) is 25.3 Å². The number of carbonyl (C=O) groups is 1. The van der Waals surface area contributed by atoms with Gasteiger partial charge in [-0.05, 0) is 6.42 Å². The molecule has 1 saturated heterocycles. The van der Waals surface area contributed by atoms with Gasteiger partial charge in [-0.2, -0.15) is 0 Å². The Morgan fingerprint density at radius 2 is 2.10 bits per heavy atom. The molecule has 1 aliphatic rings. The number of carbonyl (C=O) groups excluding carboxylic acids is 1. The fourth-order valence-electron chi connectivity index (χ4n) is 0.841. The van der Waals surface area contributed by atoms with Gasteiger partial charge in [0, 0.05) is 19.2 Å². The molecule has 4 N–H and O–H groups in total. The van der Waals surface area contributed by atoms with E-state index in [1.165, 1.54) is 6.08 Å². The Morgan fingerprint density at radius 3 is 2.60 bits per heavy atom. The van der Waals surface area contributed by atoms with Crippen LogP contribution in [-0.4, -0.2) is 19.0 Å². The van der Waals surface area contributed by atoms with Gasteiger partial charge in [0.25, 0.3) is 0 Å². The molecular weight excluding hydrogens is 130 g/mol. The maximum atomic E-state index is 10.3. The van der Waals surface area contributed by atoms with Crippen molar-refractivity contribution in [3.05, 3.63) is 11.9 Å². The van der Waals surface area contributed by atoms with Crippen molar-refractivity contribution in [1.29, 1.82) is 0 Å². The molecule has 56 valence electrons. The number of hydrogen-bond donors (Lipinski definition) is 3. The maximum Gasteiger partial charge on any atom is 0.245 e. The van der Waals surface area contributed by atoms with Crippen LogP contribution in [0.2, 0.25) is 0 Å². The minimum Gasteiger partial charge on any atom is -0.372 e. The molecule has 1 heterocycles. The van der Waals surface area contributed by atoms with Crippen LogP contribution in [0.3, 0.4) is 0 Å². The van der Waals surface area contributed by atoms with Gasteiger partial charge in [-0.15, -0.1) is 0 Å². The molecule has 0 radical (unpaired) electrons. The minimum atomic E-state index is -0.420. The number of nitrogens with one attached hydrogen (secondary N) is 2. The number of amides is 1. The molecular formula is C6H11N3O. The lowest BCUT2D eigenvalue weighted by Crippen LogP contribution is -2.36. The van der Waals surface area contributed by atoms with E-state index < -0.39 is 5.91 Å². The van der Waals surface area contributed by atoms with Gasteiger partial charge in [-0.3, -0.25) is 4.79 Å². The number of primary amides is 1. The third-order valence-corrected chi connectivity index (χ3v) is 1.27. The summed E-state index contributed by atoms with van der Waals surface area (Å²) in [6.07, 6.45) is 2.44. The molecule has 0 aromatic rings. The molecule has 0 saturated carbocycles.